The molecule has 0 aliphatic carbocycles. The predicted octanol–water partition coefficient (Wildman–Crippen LogP) is 2.71. The van der Waals surface area contributed by atoms with Gasteiger partial charge in [-0.05, 0) is 19.4 Å². The average molecular weight is 292 g/mol. The fourth-order valence-corrected chi connectivity index (χ4v) is 1.71. The van der Waals surface area contributed by atoms with E-state index in [2.05, 4.69) is 0 Å². The van der Waals surface area contributed by atoms with Crippen LogP contribution in [0.25, 0.3) is 0 Å². The third-order valence-corrected chi connectivity index (χ3v) is 2.86. The summed E-state index contributed by atoms with van der Waals surface area (Å²) in [5, 5.41) is 9.80. The Balaban J connectivity index is 2.27. The van der Waals surface area contributed by atoms with E-state index in [1.54, 1.807) is 32.9 Å². The Hall–Kier alpha value is -1.65. The van der Waals surface area contributed by atoms with Gasteiger partial charge in [0.2, 0.25) is 0 Å². The first-order chi connectivity index (χ1) is 10.0. The zero-order valence-electron chi connectivity index (χ0n) is 12.9. The Bertz CT molecular complexity index is 439. The van der Waals surface area contributed by atoms with Crippen LogP contribution < -0.4 is 0 Å². The Labute approximate surface area is 126 Å². The van der Waals surface area contributed by atoms with Crippen molar-refractivity contribution in [1.29, 1.82) is 0 Å². The van der Waals surface area contributed by atoms with Crippen LogP contribution in [0.3, 0.4) is 0 Å². The van der Waals surface area contributed by atoms with E-state index in [1.807, 2.05) is 30.3 Å². The zero-order chi connectivity index (χ0) is 15.7. The summed E-state index contributed by atoms with van der Waals surface area (Å²) in [6.45, 7) is 6.24. The number of carbonyl (C=O) groups is 1. The monoisotopic (exact) mass is 292 g/mol. The van der Waals surface area contributed by atoms with Crippen LogP contribution in [0, 0.1) is 5.92 Å². The third-order valence-electron chi connectivity index (χ3n) is 2.86. The number of rotatable bonds is 8. The number of benzene rings is 1. The molecule has 4 heteroatoms. The molecule has 21 heavy (non-hydrogen) atoms. The smallest absolute Gasteiger partial charge is 0.335 e. The summed E-state index contributed by atoms with van der Waals surface area (Å²) in [6.07, 6.45) is 2.20. The van der Waals surface area contributed by atoms with Crippen molar-refractivity contribution >= 4 is 5.97 Å². The van der Waals surface area contributed by atoms with E-state index in [9.17, 15) is 9.90 Å². The average Bonchev–Trinajstić information content (AvgIpc) is 2.46. The van der Waals surface area contributed by atoms with Crippen LogP contribution in [-0.4, -0.2) is 29.9 Å². The van der Waals surface area contributed by atoms with Gasteiger partial charge < -0.3 is 14.6 Å². The summed E-state index contributed by atoms with van der Waals surface area (Å²) in [5.41, 5.74) is 1.11. The molecule has 0 saturated carbocycles. The minimum atomic E-state index is -1.14. The van der Waals surface area contributed by atoms with Crippen LogP contribution in [0.1, 0.15) is 26.3 Å². The Kier molecular flexibility index (Phi) is 7.72. The van der Waals surface area contributed by atoms with Gasteiger partial charge in [-0.2, -0.15) is 0 Å². The summed E-state index contributed by atoms with van der Waals surface area (Å²) < 4.78 is 10.5. The number of hydrogen-bond donors (Lipinski definition) is 1. The van der Waals surface area contributed by atoms with E-state index >= 15 is 0 Å². The normalized spacial score (nSPS) is 14.3. The van der Waals surface area contributed by atoms with Gasteiger partial charge in [0.25, 0.3) is 0 Å². The first-order valence-corrected chi connectivity index (χ1v) is 7.17. The maximum Gasteiger partial charge on any atom is 0.335 e. The fourth-order valence-electron chi connectivity index (χ4n) is 1.71. The molecule has 0 saturated heterocycles. The van der Waals surface area contributed by atoms with Crippen LogP contribution in [-0.2, 0) is 20.9 Å². The van der Waals surface area contributed by atoms with Crippen LogP contribution >= 0.6 is 0 Å². The number of esters is 1. The van der Waals surface area contributed by atoms with Gasteiger partial charge in [0.1, 0.15) is 0 Å². The van der Waals surface area contributed by atoms with Crippen molar-refractivity contribution in [3.63, 3.8) is 0 Å². The van der Waals surface area contributed by atoms with Crippen molar-refractivity contribution in [2.45, 2.75) is 39.6 Å². The molecule has 0 heterocycles. The van der Waals surface area contributed by atoms with Gasteiger partial charge in [0.05, 0.1) is 19.3 Å². The topological polar surface area (TPSA) is 55.8 Å². The van der Waals surface area contributed by atoms with E-state index in [1.165, 1.54) is 0 Å². The number of hydrogen-bond acceptors (Lipinski definition) is 4. The molecule has 0 radical (unpaired) electrons. The molecule has 1 aromatic carbocycles. The molecular weight excluding hydrogens is 268 g/mol. The summed E-state index contributed by atoms with van der Waals surface area (Å²) in [7, 11) is 0. The third kappa shape index (κ3) is 7.06. The van der Waals surface area contributed by atoms with Crippen molar-refractivity contribution < 1.29 is 19.4 Å². The molecule has 4 nitrogen and oxygen atoms in total. The standard InChI is InChI=1S/C17H24O4/c1-13(2)21-17(19)16(18)14(3)8-7-11-20-12-15-9-5-4-6-10-15/h4-10,13-14,16,18H,11-12H2,1-3H3/b8-7+/t14-,16+/m1/s1. The fraction of sp³-hybridized carbons (Fsp3) is 0.471. The van der Waals surface area contributed by atoms with Crippen LogP contribution in [0.5, 0.6) is 0 Å². The predicted molar refractivity (Wildman–Crippen MR) is 81.6 cm³/mol. The van der Waals surface area contributed by atoms with Crippen LogP contribution in [0.4, 0.5) is 0 Å². The second-order valence-electron chi connectivity index (χ2n) is 5.22. The molecule has 0 fully saturated rings. The molecule has 0 aliphatic rings. The van der Waals surface area contributed by atoms with Gasteiger partial charge in [0, 0.05) is 5.92 Å². The molecule has 1 aromatic rings. The SMILES string of the molecule is CC(C)OC(=O)[C@@H](O)[C@H](C)/C=C/COCc1ccccc1. The van der Waals surface area contributed by atoms with E-state index < -0.39 is 12.1 Å². The molecule has 1 rings (SSSR count). The second-order valence-corrected chi connectivity index (χ2v) is 5.22. The maximum absolute atomic E-state index is 11.5. The molecular formula is C17H24O4. The molecule has 0 aromatic heterocycles. The summed E-state index contributed by atoms with van der Waals surface area (Å²) in [4.78, 5) is 11.5. The number of aliphatic hydroxyl groups excluding tert-OH is 1. The lowest BCUT2D eigenvalue weighted by Crippen LogP contribution is -2.30. The highest BCUT2D eigenvalue weighted by atomic mass is 16.6. The van der Waals surface area contributed by atoms with Crippen LogP contribution in [0.15, 0.2) is 42.5 Å². The molecule has 1 N–H and O–H groups in total. The Morgan fingerprint density at radius 1 is 1.24 bits per heavy atom. The lowest BCUT2D eigenvalue weighted by atomic mass is 10.0. The number of carbonyl (C=O) groups excluding carboxylic acids is 1. The quantitative estimate of drug-likeness (QED) is 0.455. The highest BCUT2D eigenvalue weighted by molar-refractivity contribution is 5.75. The minimum absolute atomic E-state index is 0.225. The molecule has 0 spiro atoms. The first kappa shape index (κ1) is 17.4. The minimum Gasteiger partial charge on any atom is -0.461 e. The molecule has 0 amide bonds. The summed E-state index contributed by atoms with van der Waals surface area (Å²) in [5.74, 6) is -0.899. The van der Waals surface area contributed by atoms with Crippen molar-refractivity contribution in [2.24, 2.45) is 5.92 Å². The van der Waals surface area contributed by atoms with Gasteiger partial charge >= 0.3 is 5.97 Å². The van der Waals surface area contributed by atoms with Gasteiger partial charge in [-0.15, -0.1) is 0 Å². The van der Waals surface area contributed by atoms with Gasteiger partial charge in [-0.3, -0.25) is 0 Å². The van der Waals surface area contributed by atoms with E-state index in [0.29, 0.717) is 13.2 Å². The lowest BCUT2D eigenvalue weighted by molar-refractivity contribution is -0.159. The van der Waals surface area contributed by atoms with Gasteiger partial charge in [0.15, 0.2) is 6.10 Å². The number of aliphatic hydroxyl groups is 1. The largest absolute Gasteiger partial charge is 0.461 e. The molecule has 0 bridgehead atoms. The van der Waals surface area contributed by atoms with E-state index in [4.69, 9.17) is 9.47 Å². The van der Waals surface area contributed by atoms with Crippen molar-refractivity contribution in [1.82, 2.24) is 0 Å². The molecule has 0 unspecified atom stereocenters. The molecule has 116 valence electrons. The number of ether oxygens (including phenoxy) is 2. The van der Waals surface area contributed by atoms with E-state index in [0.717, 1.165) is 5.56 Å². The lowest BCUT2D eigenvalue weighted by Gasteiger charge is -2.16. The summed E-state index contributed by atoms with van der Waals surface area (Å²) >= 11 is 0. The molecule has 0 aliphatic heterocycles. The second kappa shape index (κ2) is 9.32. The Morgan fingerprint density at radius 3 is 2.52 bits per heavy atom. The highest BCUT2D eigenvalue weighted by Crippen LogP contribution is 2.08. The zero-order valence-corrected chi connectivity index (χ0v) is 12.9. The van der Waals surface area contributed by atoms with E-state index in [-0.39, 0.29) is 12.0 Å². The first-order valence-electron chi connectivity index (χ1n) is 7.17. The Morgan fingerprint density at radius 2 is 1.90 bits per heavy atom. The maximum atomic E-state index is 11.5. The summed E-state index contributed by atoms with van der Waals surface area (Å²) in [6, 6.07) is 9.89. The van der Waals surface area contributed by atoms with Crippen molar-refractivity contribution in [2.75, 3.05) is 6.61 Å². The van der Waals surface area contributed by atoms with Crippen molar-refractivity contribution in [3.05, 3.63) is 48.0 Å². The highest BCUT2D eigenvalue weighted by Gasteiger charge is 2.22. The van der Waals surface area contributed by atoms with Gasteiger partial charge in [-0.1, -0.05) is 49.4 Å². The van der Waals surface area contributed by atoms with Crippen molar-refractivity contribution in [3.8, 4) is 0 Å². The molecule has 2 atom stereocenters. The van der Waals surface area contributed by atoms with Crippen LogP contribution in [0.2, 0.25) is 0 Å². The van der Waals surface area contributed by atoms with Gasteiger partial charge in [-0.25, -0.2) is 4.79 Å².